The van der Waals surface area contributed by atoms with Gasteiger partial charge < -0.3 is 20.7 Å². The molecule has 0 saturated heterocycles. The number of anilines is 2. The van der Waals surface area contributed by atoms with Gasteiger partial charge >= 0.3 is 12.0 Å². The van der Waals surface area contributed by atoms with Crippen LogP contribution in [0.2, 0.25) is 0 Å². The molecule has 0 saturated carbocycles. The first-order valence-electron chi connectivity index (χ1n) is 10.9. The summed E-state index contributed by atoms with van der Waals surface area (Å²) in [5.41, 5.74) is 9.41. The minimum atomic E-state index is -0.609. The number of pyridine rings is 1. The number of hydrogen-bond donors (Lipinski definition) is 2. The van der Waals surface area contributed by atoms with Crippen molar-refractivity contribution in [2.24, 2.45) is 0 Å². The summed E-state index contributed by atoms with van der Waals surface area (Å²) in [5.74, 6) is -0.933. The summed E-state index contributed by atoms with van der Waals surface area (Å²) in [7, 11) is 4.49. The Labute approximate surface area is 216 Å². The van der Waals surface area contributed by atoms with E-state index in [1.54, 1.807) is 56.8 Å². The molecule has 0 unspecified atom stereocenters. The van der Waals surface area contributed by atoms with Crippen LogP contribution in [-0.2, 0) is 11.3 Å². The Morgan fingerprint density at radius 1 is 1.11 bits per heavy atom. The number of fused-ring (bicyclic) bond motifs is 1. The number of rotatable bonds is 6. The fraction of sp³-hybridized carbons (Fsp3) is 0.154. The first-order valence-corrected chi connectivity index (χ1v) is 11.7. The van der Waals surface area contributed by atoms with Crippen molar-refractivity contribution in [1.29, 1.82) is 0 Å². The quantitative estimate of drug-likeness (QED) is 0.267. The fourth-order valence-electron chi connectivity index (χ4n) is 3.84. The zero-order valence-corrected chi connectivity index (χ0v) is 21.5. The SMILES string of the molecule is COC(=O)c1cc(Br)cc2c1c(C(=O)c1ccc(CNc3ccncc3N)cc1)cn2C(=O)N(C)C. The number of aromatic nitrogens is 2. The van der Waals surface area contributed by atoms with Crippen molar-refractivity contribution in [3.63, 3.8) is 0 Å². The summed E-state index contributed by atoms with van der Waals surface area (Å²) in [6.07, 6.45) is 4.69. The predicted molar refractivity (Wildman–Crippen MR) is 141 cm³/mol. The number of esters is 1. The van der Waals surface area contributed by atoms with Gasteiger partial charge in [-0.25, -0.2) is 9.59 Å². The number of amides is 1. The molecular formula is C26H24BrN5O4. The fourth-order valence-corrected chi connectivity index (χ4v) is 4.29. The lowest BCUT2D eigenvalue weighted by atomic mass is 9.98. The Morgan fingerprint density at radius 2 is 1.83 bits per heavy atom. The second-order valence-electron chi connectivity index (χ2n) is 8.27. The minimum absolute atomic E-state index is 0.186. The Balaban J connectivity index is 1.72. The molecule has 2 heterocycles. The number of nitrogens with one attached hydrogen (secondary N) is 1. The van der Waals surface area contributed by atoms with Crippen molar-refractivity contribution in [2.75, 3.05) is 32.3 Å². The molecule has 2 aromatic carbocycles. The molecule has 0 aliphatic heterocycles. The number of halogens is 1. The first kappa shape index (κ1) is 24.9. The molecule has 0 atom stereocenters. The second-order valence-corrected chi connectivity index (χ2v) is 9.19. The lowest BCUT2D eigenvalue weighted by molar-refractivity contribution is 0.0603. The van der Waals surface area contributed by atoms with E-state index in [9.17, 15) is 14.4 Å². The van der Waals surface area contributed by atoms with Crippen molar-refractivity contribution in [1.82, 2.24) is 14.5 Å². The average molecular weight is 550 g/mol. The molecule has 9 nitrogen and oxygen atoms in total. The van der Waals surface area contributed by atoms with Gasteiger partial charge in [-0.2, -0.15) is 0 Å². The number of nitrogens with two attached hydrogens (primary N) is 1. The summed E-state index contributed by atoms with van der Waals surface area (Å²) in [4.78, 5) is 44.4. The molecule has 0 spiro atoms. The number of nitrogen functional groups attached to an aromatic ring is 1. The standard InChI is InChI=1S/C26H24BrN5O4/c1-31(2)26(35)32-14-19(23-18(25(34)36-3)10-17(27)11-22(23)32)24(33)16-6-4-15(5-7-16)12-30-21-8-9-29-13-20(21)28/h4-11,13-14H,12,28H2,1-3H3,(H,29,30). The van der Waals surface area contributed by atoms with Crippen LogP contribution in [0.5, 0.6) is 0 Å². The normalized spacial score (nSPS) is 10.8. The minimum Gasteiger partial charge on any atom is -0.465 e. The maximum absolute atomic E-state index is 13.6. The number of benzene rings is 2. The maximum atomic E-state index is 13.6. The van der Waals surface area contributed by atoms with E-state index >= 15 is 0 Å². The second kappa shape index (κ2) is 10.2. The summed E-state index contributed by atoms with van der Waals surface area (Å²) >= 11 is 3.39. The molecular weight excluding hydrogens is 526 g/mol. The molecule has 3 N–H and O–H groups in total. The van der Waals surface area contributed by atoms with Gasteiger partial charge in [-0.15, -0.1) is 0 Å². The maximum Gasteiger partial charge on any atom is 0.338 e. The average Bonchev–Trinajstić information content (AvgIpc) is 3.25. The van der Waals surface area contributed by atoms with Gasteiger partial charge in [0.25, 0.3) is 0 Å². The van der Waals surface area contributed by atoms with E-state index in [1.165, 1.54) is 22.8 Å². The van der Waals surface area contributed by atoms with Crippen LogP contribution in [-0.4, -0.2) is 53.4 Å². The Morgan fingerprint density at radius 3 is 2.47 bits per heavy atom. The molecule has 1 amide bonds. The van der Waals surface area contributed by atoms with Gasteiger partial charge in [-0.3, -0.25) is 14.3 Å². The molecule has 0 fully saturated rings. The van der Waals surface area contributed by atoms with Crippen LogP contribution in [0, 0.1) is 0 Å². The topological polar surface area (TPSA) is 120 Å². The van der Waals surface area contributed by atoms with E-state index in [0.717, 1.165) is 11.3 Å². The molecule has 0 bridgehead atoms. The van der Waals surface area contributed by atoms with Crippen LogP contribution in [0.3, 0.4) is 0 Å². The highest BCUT2D eigenvalue weighted by atomic mass is 79.9. The number of nitrogens with zero attached hydrogens (tertiary/aromatic N) is 3. The van der Waals surface area contributed by atoms with Gasteiger partial charge in [-0.1, -0.05) is 40.2 Å². The zero-order valence-electron chi connectivity index (χ0n) is 19.9. The molecule has 0 aliphatic carbocycles. The molecule has 0 radical (unpaired) electrons. The van der Waals surface area contributed by atoms with Crippen molar-refractivity contribution in [2.45, 2.75) is 6.54 Å². The molecule has 36 heavy (non-hydrogen) atoms. The predicted octanol–water partition coefficient (Wildman–Crippen LogP) is 4.54. The van der Waals surface area contributed by atoms with Gasteiger partial charge in [0.05, 0.1) is 35.8 Å². The number of methoxy groups -OCH3 is 1. The van der Waals surface area contributed by atoms with Gasteiger partial charge in [0.15, 0.2) is 5.78 Å². The third-order valence-corrected chi connectivity index (χ3v) is 6.12. The van der Waals surface area contributed by atoms with Crippen LogP contribution >= 0.6 is 15.9 Å². The van der Waals surface area contributed by atoms with Crippen LogP contribution < -0.4 is 11.1 Å². The van der Waals surface area contributed by atoms with E-state index in [-0.39, 0.29) is 22.9 Å². The van der Waals surface area contributed by atoms with E-state index < -0.39 is 5.97 Å². The van der Waals surface area contributed by atoms with Gasteiger partial charge in [0.1, 0.15) is 0 Å². The summed E-state index contributed by atoms with van der Waals surface area (Å²) in [6, 6.07) is 11.8. The number of ether oxygens (including phenoxy) is 1. The third-order valence-electron chi connectivity index (χ3n) is 5.66. The molecule has 4 aromatic rings. The smallest absolute Gasteiger partial charge is 0.338 e. The molecule has 2 aromatic heterocycles. The van der Waals surface area contributed by atoms with Gasteiger partial charge in [0, 0.05) is 54.0 Å². The molecule has 0 aliphatic rings. The highest BCUT2D eigenvalue weighted by molar-refractivity contribution is 9.10. The van der Waals surface area contributed by atoms with E-state index in [4.69, 9.17) is 10.5 Å². The highest BCUT2D eigenvalue weighted by Gasteiger charge is 2.25. The van der Waals surface area contributed by atoms with E-state index in [0.29, 0.717) is 33.2 Å². The number of hydrogen-bond acceptors (Lipinski definition) is 7. The zero-order chi connectivity index (χ0) is 26.0. The van der Waals surface area contributed by atoms with E-state index in [2.05, 4.69) is 26.2 Å². The number of carbonyl (C=O) groups excluding carboxylic acids is 3. The molecule has 10 heteroatoms. The van der Waals surface area contributed by atoms with Crippen LogP contribution in [0.25, 0.3) is 10.9 Å². The lowest BCUT2D eigenvalue weighted by Crippen LogP contribution is -2.26. The Bertz CT molecular complexity index is 1480. The van der Waals surface area contributed by atoms with E-state index in [1.807, 2.05) is 12.1 Å². The number of ketones is 1. The Hall–Kier alpha value is -4.18. The monoisotopic (exact) mass is 549 g/mol. The van der Waals surface area contributed by atoms with Crippen molar-refractivity contribution in [3.8, 4) is 0 Å². The van der Waals surface area contributed by atoms with Gasteiger partial charge in [0.2, 0.25) is 0 Å². The Kier molecular flexibility index (Phi) is 7.07. The summed E-state index contributed by atoms with van der Waals surface area (Å²) in [6.45, 7) is 0.500. The highest BCUT2D eigenvalue weighted by Crippen LogP contribution is 2.31. The molecule has 184 valence electrons. The van der Waals surface area contributed by atoms with Crippen LogP contribution in [0.15, 0.2) is 65.5 Å². The van der Waals surface area contributed by atoms with Crippen molar-refractivity contribution < 1.29 is 19.1 Å². The largest absolute Gasteiger partial charge is 0.465 e. The third kappa shape index (κ3) is 4.80. The summed E-state index contributed by atoms with van der Waals surface area (Å²) < 4.78 is 6.88. The van der Waals surface area contributed by atoms with Crippen molar-refractivity contribution in [3.05, 3.63) is 87.8 Å². The van der Waals surface area contributed by atoms with Crippen molar-refractivity contribution >= 4 is 56.0 Å². The lowest BCUT2D eigenvalue weighted by Gasteiger charge is -2.12. The van der Waals surface area contributed by atoms with Crippen LogP contribution in [0.4, 0.5) is 16.2 Å². The van der Waals surface area contributed by atoms with Gasteiger partial charge in [-0.05, 0) is 23.8 Å². The first-order chi connectivity index (χ1) is 17.2. The molecule has 4 rings (SSSR count). The van der Waals surface area contributed by atoms with Crippen LogP contribution in [0.1, 0.15) is 31.8 Å². The number of carbonyl (C=O) groups is 3. The summed E-state index contributed by atoms with van der Waals surface area (Å²) in [5, 5.41) is 3.59.